The first-order valence-electron chi connectivity index (χ1n) is 4.74. The average molecular weight is 219 g/mol. The second kappa shape index (κ2) is 4.41. The molecule has 0 aliphatic heterocycles. The van der Waals surface area contributed by atoms with Gasteiger partial charge in [-0.05, 0) is 18.6 Å². The van der Waals surface area contributed by atoms with E-state index in [1.54, 1.807) is 6.20 Å². The third-order valence-corrected chi connectivity index (χ3v) is 2.47. The molecule has 3 heteroatoms. The van der Waals surface area contributed by atoms with Crippen LogP contribution in [-0.4, -0.2) is 9.97 Å². The van der Waals surface area contributed by atoms with Crippen molar-refractivity contribution in [2.75, 3.05) is 0 Å². The van der Waals surface area contributed by atoms with Crippen molar-refractivity contribution in [3.8, 4) is 11.4 Å². The van der Waals surface area contributed by atoms with Crippen molar-refractivity contribution in [1.29, 1.82) is 0 Å². The SMILES string of the molecule is Cc1ccnc(-c2ccc(CCl)cc2)n1. The zero-order valence-corrected chi connectivity index (χ0v) is 9.20. The molecule has 0 saturated heterocycles. The molecule has 15 heavy (non-hydrogen) atoms. The predicted octanol–water partition coefficient (Wildman–Crippen LogP) is 3.19. The minimum atomic E-state index is 0.537. The minimum Gasteiger partial charge on any atom is -0.237 e. The summed E-state index contributed by atoms with van der Waals surface area (Å²) in [5, 5.41) is 0. The third-order valence-electron chi connectivity index (χ3n) is 2.16. The maximum Gasteiger partial charge on any atom is 0.159 e. The van der Waals surface area contributed by atoms with Crippen LogP contribution in [0.2, 0.25) is 0 Å². The van der Waals surface area contributed by atoms with Crippen LogP contribution in [-0.2, 0) is 5.88 Å². The topological polar surface area (TPSA) is 25.8 Å². The second-order valence-electron chi connectivity index (χ2n) is 3.35. The second-order valence-corrected chi connectivity index (χ2v) is 3.62. The van der Waals surface area contributed by atoms with E-state index in [0.717, 1.165) is 22.6 Å². The maximum absolute atomic E-state index is 5.72. The maximum atomic E-state index is 5.72. The molecular formula is C12H11ClN2. The van der Waals surface area contributed by atoms with Gasteiger partial charge in [0.1, 0.15) is 0 Å². The van der Waals surface area contributed by atoms with Crippen molar-refractivity contribution >= 4 is 11.6 Å². The van der Waals surface area contributed by atoms with Gasteiger partial charge in [-0.15, -0.1) is 11.6 Å². The zero-order chi connectivity index (χ0) is 10.7. The van der Waals surface area contributed by atoms with E-state index in [1.165, 1.54) is 0 Å². The van der Waals surface area contributed by atoms with Crippen molar-refractivity contribution in [1.82, 2.24) is 9.97 Å². The molecule has 0 amide bonds. The van der Waals surface area contributed by atoms with Crippen LogP contribution < -0.4 is 0 Å². The highest BCUT2D eigenvalue weighted by Crippen LogP contribution is 2.16. The van der Waals surface area contributed by atoms with Crippen molar-refractivity contribution in [3.63, 3.8) is 0 Å². The van der Waals surface area contributed by atoms with E-state index < -0.39 is 0 Å². The summed E-state index contributed by atoms with van der Waals surface area (Å²) in [5.74, 6) is 1.30. The van der Waals surface area contributed by atoms with E-state index in [2.05, 4.69) is 9.97 Å². The number of hydrogen-bond donors (Lipinski definition) is 0. The number of aryl methyl sites for hydroxylation is 1. The molecule has 0 aliphatic carbocycles. The zero-order valence-electron chi connectivity index (χ0n) is 8.44. The molecule has 2 rings (SSSR count). The highest BCUT2D eigenvalue weighted by Gasteiger charge is 2.00. The summed E-state index contributed by atoms with van der Waals surface area (Å²) in [6.07, 6.45) is 1.77. The lowest BCUT2D eigenvalue weighted by Crippen LogP contribution is -1.90. The number of halogens is 1. The van der Waals surface area contributed by atoms with Gasteiger partial charge in [0, 0.05) is 23.3 Å². The number of nitrogens with zero attached hydrogens (tertiary/aromatic N) is 2. The van der Waals surface area contributed by atoms with Crippen LogP contribution in [0.5, 0.6) is 0 Å². The molecular weight excluding hydrogens is 208 g/mol. The number of rotatable bonds is 2. The van der Waals surface area contributed by atoms with Crippen LogP contribution in [0.15, 0.2) is 36.5 Å². The Morgan fingerprint density at radius 3 is 2.47 bits per heavy atom. The fourth-order valence-corrected chi connectivity index (χ4v) is 1.51. The van der Waals surface area contributed by atoms with Crippen molar-refractivity contribution in [2.45, 2.75) is 12.8 Å². The Bertz CT molecular complexity index is 451. The number of alkyl halides is 1. The van der Waals surface area contributed by atoms with Gasteiger partial charge in [0.05, 0.1) is 0 Å². The molecule has 0 fully saturated rings. The highest BCUT2D eigenvalue weighted by atomic mass is 35.5. The predicted molar refractivity (Wildman–Crippen MR) is 61.8 cm³/mol. The Hall–Kier alpha value is -1.41. The molecule has 0 saturated carbocycles. The molecule has 0 unspecified atom stereocenters. The van der Waals surface area contributed by atoms with Gasteiger partial charge in [0.2, 0.25) is 0 Å². The fourth-order valence-electron chi connectivity index (χ4n) is 1.33. The van der Waals surface area contributed by atoms with E-state index in [-0.39, 0.29) is 0 Å². The number of benzene rings is 1. The number of hydrogen-bond acceptors (Lipinski definition) is 2. The quantitative estimate of drug-likeness (QED) is 0.724. The molecule has 0 atom stereocenters. The Morgan fingerprint density at radius 2 is 1.87 bits per heavy atom. The van der Waals surface area contributed by atoms with Crippen LogP contribution in [0, 0.1) is 6.92 Å². The molecule has 0 bridgehead atoms. The lowest BCUT2D eigenvalue weighted by atomic mass is 10.1. The molecule has 0 aliphatic rings. The molecule has 2 aromatic rings. The van der Waals surface area contributed by atoms with Gasteiger partial charge in [-0.3, -0.25) is 0 Å². The Labute approximate surface area is 94.0 Å². The summed E-state index contributed by atoms with van der Waals surface area (Å²) < 4.78 is 0. The Balaban J connectivity index is 2.37. The molecule has 1 aromatic heterocycles. The molecule has 0 radical (unpaired) electrons. The molecule has 1 heterocycles. The summed E-state index contributed by atoms with van der Waals surface area (Å²) in [7, 11) is 0. The van der Waals surface area contributed by atoms with Crippen molar-refractivity contribution < 1.29 is 0 Å². The van der Waals surface area contributed by atoms with Gasteiger partial charge in [0.15, 0.2) is 5.82 Å². The van der Waals surface area contributed by atoms with Gasteiger partial charge in [-0.2, -0.15) is 0 Å². The Kier molecular flexibility index (Phi) is 2.97. The third kappa shape index (κ3) is 2.34. The number of aromatic nitrogens is 2. The summed E-state index contributed by atoms with van der Waals surface area (Å²) in [6.45, 7) is 1.96. The lowest BCUT2D eigenvalue weighted by Gasteiger charge is -2.01. The summed E-state index contributed by atoms with van der Waals surface area (Å²) in [5.41, 5.74) is 3.10. The standard InChI is InChI=1S/C12H11ClN2/c1-9-6-7-14-12(15-9)11-4-2-10(8-13)3-5-11/h2-7H,8H2,1H3. The first-order valence-corrected chi connectivity index (χ1v) is 5.28. The highest BCUT2D eigenvalue weighted by molar-refractivity contribution is 6.17. The average Bonchev–Trinajstić information content (AvgIpc) is 2.29. The van der Waals surface area contributed by atoms with Gasteiger partial charge in [-0.25, -0.2) is 9.97 Å². The van der Waals surface area contributed by atoms with Gasteiger partial charge < -0.3 is 0 Å². The molecule has 1 aromatic carbocycles. The van der Waals surface area contributed by atoms with Gasteiger partial charge in [0.25, 0.3) is 0 Å². The molecule has 0 spiro atoms. The largest absolute Gasteiger partial charge is 0.237 e. The van der Waals surface area contributed by atoms with E-state index in [9.17, 15) is 0 Å². The minimum absolute atomic E-state index is 0.537. The monoisotopic (exact) mass is 218 g/mol. The first-order chi connectivity index (χ1) is 7.29. The Morgan fingerprint density at radius 1 is 1.13 bits per heavy atom. The van der Waals surface area contributed by atoms with Gasteiger partial charge >= 0.3 is 0 Å². The normalized spacial score (nSPS) is 10.3. The van der Waals surface area contributed by atoms with Crippen molar-refractivity contribution in [3.05, 3.63) is 47.8 Å². The molecule has 76 valence electrons. The van der Waals surface area contributed by atoms with E-state index in [4.69, 9.17) is 11.6 Å². The first kappa shape index (κ1) is 10.1. The smallest absolute Gasteiger partial charge is 0.159 e. The molecule has 2 nitrogen and oxygen atoms in total. The van der Waals surface area contributed by atoms with Crippen LogP contribution in [0.4, 0.5) is 0 Å². The lowest BCUT2D eigenvalue weighted by molar-refractivity contribution is 1.11. The van der Waals surface area contributed by atoms with E-state index in [0.29, 0.717) is 5.88 Å². The van der Waals surface area contributed by atoms with Crippen LogP contribution in [0.1, 0.15) is 11.3 Å². The summed E-state index contributed by atoms with van der Waals surface area (Å²) in [6, 6.07) is 9.86. The molecule has 0 N–H and O–H groups in total. The fraction of sp³-hybridized carbons (Fsp3) is 0.167. The van der Waals surface area contributed by atoms with Crippen LogP contribution >= 0.6 is 11.6 Å². The van der Waals surface area contributed by atoms with E-state index in [1.807, 2.05) is 37.3 Å². The van der Waals surface area contributed by atoms with Crippen molar-refractivity contribution in [2.24, 2.45) is 0 Å². The van der Waals surface area contributed by atoms with E-state index >= 15 is 0 Å². The summed E-state index contributed by atoms with van der Waals surface area (Å²) >= 11 is 5.72. The van der Waals surface area contributed by atoms with Crippen LogP contribution in [0.3, 0.4) is 0 Å². The summed E-state index contributed by atoms with van der Waals surface area (Å²) in [4.78, 5) is 8.58. The van der Waals surface area contributed by atoms with Gasteiger partial charge in [-0.1, -0.05) is 24.3 Å². The van der Waals surface area contributed by atoms with Crippen LogP contribution in [0.25, 0.3) is 11.4 Å².